The minimum atomic E-state index is -0.233. The van der Waals surface area contributed by atoms with Gasteiger partial charge < -0.3 is 11.1 Å². The normalized spacial score (nSPS) is 20.7. The molecule has 0 saturated heterocycles. The second kappa shape index (κ2) is 5.67. The highest BCUT2D eigenvalue weighted by Gasteiger charge is 2.29. The average Bonchev–Trinajstić information content (AvgIpc) is 2.17. The van der Waals surface area contributed by atoms with Crippen molar-refractivity contribution in [3.05, 3.63) is 0 Å². The molecule has 1 atom stereocenters. The summed E-state index contributed by atoms with van der Waals surface area (Å²) in [7, 11) is 0. The number of nitrogens with two attached hydrogens (primary N) is 1. The summed E-state index contributed by atoms with van der Waals surface area (Å²) in [6.07, 6.45) is 6.63. The van der Waals surface area contributed by atoms with Gasteiger partial charge in [-0.25, -0.2) is 0 Å². The van der Waals surface area contributed by atoms with E-state index in [1.165, 1.54) is 32.1 Å². The lowest BCUT2D eigenvalue weighted by atomic mass is 9.84. The number of rotatable bonds is 4. The molecule has 1 saturated carbocycles. The summed E-state index contributed by atoms with van der Waals surface area (Å²) in [5, 5.41) is 3.35. The number of hydrogen-bond acceptors (Lipinski definition) is 2. The summed E-state index contributed by atoms with van der Waals surface area (Å²) in [6.45, 7) is 7.09. The van der Waals surface area contributed by atoms with Crippen LogP contribution in [-0.4, -0.2) is 18.5 Å². The van der Waals surface area contributed by atoms with Gasteiger partial charge in [0.05, 0.1) is 6.04 Å². The molecule has 0 aliphatic heterocycles. The van der Waals surface area contributed by atoms with Gasteiger partial charge in [0.25, 0.3) is 0 Å². The lowest BCUT2D eigenvalue weighted by Gasteiger charge is -2.31. The molecule has 1 aliphatic carbocycles. The maximum Gasteiger partial charge on any atom is 0.235 e. The Balaban J connectivity index is 2.40. The smallest absolute Gasteiger partial charge is 0.235 e. The van der Waals surface area contributed by atoms with Crippen LogP contribution in [-0.2, 0) is 4.79 Å². The molecule has 0 heterocycles. The topological polar surface area (TPSA) is 55.1 Å². The van der Waals surface area contributed by atoms with Gasteiger partial charge in [0, 0.05) is 0 Å². The van der Waals surface area contributed by atoms with Crippen molar-refractivity contribution in [3.8, 4) is 0 Å². The second-order valence-corrected chi connectivity index (χ2v) is 6.11. The SMILES string of the molecule is CC(C)(C)C(NCC1CCCCC1)C(N)=O. The first-order chi connectivity index (χ1) is 7.41. The molecule has 1 rings (SSSR count). The van der Waals surface area contributed by atoms with Crippen molar-refractivity contribution in [1.82, 2.24) is 5.32 Å². The van der Waals surface area contributed by atoms with E-state index >= 15 is 0 Å². The monoisotopic (exact) mass is 226 g/mol. The van der Waals surface area contributed by atoms with Crippen LogP contribution in [0.5, 0.6) is 0 Å². The van der Waals surface area contributed by atoms with Crippen molar-refractivity contribution in [2.45, 2.75) is 58.9 Å². The molecule has 1 aliphatic rings. The predicted molar refractivity (Wildman–Crippen MR) is 67.0 cm³/mol. The van der Waals surface area contributed by atoms with E-state index in [2.05, 4.69) is 26.1 Å². The van der Waals surface area contributed by atoms with E-state index in [-0.39, 0.29) is 17.4 Å². The molecule has 0 radical (unpaired) electrons. The van der Waals surface area contributed by atoms with Crippen LogP contribution in [0.3, 0.4) is 0 Å². The van der Waals surface area contributed by atoms with E-state index in [1.807, 2.05) is 0 Å². The van der Waals surface area contributed by atoms with Crippen molar-refractivity contribution in [2.24, 2.45) is 17.1 Å². The standard InChI is InChI=1S/C13H26N2O/c1-13(2,3)11(12(14)16)15-9-10-7-5-4-6-8-10/h10-11,15H,4-9H2,1-3H3,(H2,14,16). The van der Waals surface area contributed by atoms with E-state index in [9.17, 15) is 4.79 Å². The van der Waals surface area contributed by atoms with Gasteiger partial charge in [-0.05, 0) is 30.7 Å². The third kappa shape index (κ3) is 4.12. The van der Waals surface area contributed by atoms with Gasteiger partial charge in [-0.3, -0.25) is 4.79 Å². The zero-order valence-corrected chi connectivity index (χ0v) is 10.9. The van der Waals surface area contributed by atoms with E-state index in [0.717, 1.165) is 12.5 Å². The highest BCUT2D eigenvalue weighted by Crippen LogP contribution is 2.24. The van der Waals surface area contributed by atoms with Gasteiger partial charge >= 0.3 is 0 Å². The summed E-state index contributed by atoms with van der Waals surface area (Å²) in [5.41, 5.74) is 5.34. The first-order valence-corrected chi connectivity index (χ1v) is 6.44. The quantitative estimate of drug-likeness (QED) is 0.771. The Morgan fingerprint density at radius 2 is 1.88 bits per heavy atom. The number of nitrogens with one attached hydrogen (secondary N) is 1. The largest absolute Gasteiger partial charge is 0.368 e. The van der Waals surface area contributed by atoms with Crippen molar-refractivity contribution in [2.75, 3.05) is 6.54 Å². The van der Waals surface area contributed by atoms with Crippen LogP contribution in [0, 0.1) is 11.3 Å². The Labute approximate surface area is 99.2 Å². The Morgan fingerprint density at radius 1 is 1.31 bits per heavy atom. The molecular weight excluding hydrogens is 200 g/mol. The number of carbonyl (C=O) groups is 1. The molecule has 3 nitrogen and oxygen atoms in total. The maximum absolute atomic E-state index is 11.4. The van der Waals surface area contributed by atoms with E-state index in [0.29, 0.717) is 0 Å². The van der Waals surface area contributed by atoms with Gasteiger partial charge in [-0.1, -0.05) is 40.0 Å². The maximum atomic E-state index is 11.4. The molecule has 0 aromatic carbocycles. The van der Waals surface area contributed by atoms with Gasteiger partial charge in [-0.2, -0.15) is 0 Å². The van der Waals surface area contributed by atoms with Crippen LogP contribution in [0.2, 0.25) is 0 Å². The van der Waals surface area contributed by atoms with Gasteiger partial charge in [-0.15, -0.1) is 0 Å². The molecule has 0 aromatic rings. The summed E-state index contributed by atoms with van der Waals surface area (Å²) in [5.74, 6) is 0.501. The van der Waals surface area contributed by atoms with Crippen LogP contribution in [0.1, 0.15) is 52.9 Å². The number of carbonyl (C=O) groups excluding carboxylic acids is 1. The summed E-state index contributed by atoms with van der Waals surface area (Å²) >= 11 is 0. The van der Waals surface area contributed by atoms with E-state index in [4.69, 9.17) is 5.73 Å². The Bertz CT molecular complexity index is 227. The van der Waals surface area contributed by atoms with Crippen molar-refractivity contribution < 1.29 is 4.79 Å². The molecule has 0 spiro atoms. The highest BCUT2D eigenvalue weighted by atomic mass is 16.1. The molecule has 1 unspecified atom stereocenters. The zero-order chi connectivity index (χ0) is 12.2. The lowest BCUT2D eigenvalue weighted by Crippen LogP contribution is -2.51. The third-order valence-corrected chi connectivity index (χ3v) is 3.49. The van der Waals surface area contributed by atoms with E-state index < -0.39 is 0 Å². The average molecular weight is 226 g/mol. The fourth-order valence-corrected chi connectivity index (χ4v) is 2.51. The van der Waals surface area contributed by atoms with E-state index in [1.54, 1.807) is 0 Å². The number of hydrogen-bond donors (Lipinski definition) is 2. The molecule has 16 heavy (non-hydrogen) atoms. The first-order valence-electron chi connectivity index (χ1n) is 6.44. The minimum absolute atomic E-state index is 0.0967. The molecule has 3 N–H and O–H groups in total. The van der Waals surface area contributed by atoms with Gasteiger partial charge in [0.1, 0.15) is 0 Å². The fourth-order valence-electron chi connectivity index (χ4n) is 2.51. The molecular formula is C13H26N2O. The Hall–Kier alpha value is -0.570. The third-order valence-electron chi connectivity index (χ3n) is 3.49. The van der Waals surface area contributed by atoms with Crippen LogP contribution >= 0.6 is 0 Å². The second-order valence-electron chi connectivity index (χ2n) is 6.11. The van der Waals surface area contributed by atoms with Crippen LogP contribution in [0.25, 0.3) is 0 Å². The number of amides is 1. The van der Waals surface area contributed by atoms with Crippen LogP contribution in [0.4, 0.5) is 0 Å². The first kappa shape index (κ1) is 13.5. The highest BCUT2D eigenvalue weighted by molar-refractivity contribution is 5.80. The van der Waals surface area contributed by atoms with Gasteiger partial charge in [0.2, 0.25) is 5.91 Å². The molecule has 1 amide bonds. The number of primary amides is 1. The van der Waals surface area contributed by atoms with Crippen LogP contribution in [0.15, 0.2) is 0 Å². The van der Waals surface area contributed by atoms with Crippen molar-refractivity contribution in [3.63, 3.8) is 0 Å². The minimum Gasteiger partial charge on any atom is -0.368 e. The summed E-state index contributed by atoms with van der Waals surface area (Å²) in [4.78, 5) is 11.4. The Morgan fingerprint density at radius 3 is 2.31 bits per heavy atom. The predicted octanol–water partition coefficient (Wildman–Crippen LogP) is 2.06. The molecule has 94 valence electrons. The fraction of sp³-hybridized carbons (Fsp3) is 0.923. The van der Waals surface area contributed by atoms with Crippen molar-refractivity contribution in [1.29, 1.82) is 0 Å². The summed E-state index contributed by atoms with van der Waals surface area (Å²) < 4.78 is 0. The lowest BCUT2D eigenvalue weighted by molar-refractivity contribution is -0.122. The van der Waals surface area contributed by atoms with Crippen molar-refractivity contribution >= 4 is 5.91 Å². The Kier molecular flexibility index (Phi) is 4.78. The van der Waals surface area contributed by atoms with Crippen LogP contribution < -0.4 is 11.1 Å². The van der Waals surface area contributed by atoms with Gasteiger partial charge in [0.15, 0.2) is 0 Å². The zero-order valence-electron chi connectivity index (χ0n) is 10.9. The molecule has 0 aromatic heterocycles. The molecule has 3 heteroatoms. The molecule has 1 fully saturated rings. The molecule has 0 bridgehead atoms. The summed E-state index contributed by atoms with van der Waals surface area (Å²) in [6, 6.07) is -0.213.